The first-order valence-corrected chi connectivity index (χ1v) is 8.66. The van der Waals surface area contributed by atoms with Gasteiger partial charge < -0.3 is 10.5 Å². The Labute approximate surface area is 163 Å². The van der Waals surface area contributed by atoms with Crippen molar-refractivity contribution in [1.82, 2.24) is 10.2 Å². The van der Waals surface area contributed by atoms with Crippen molar-refractivity contribution in [1.29, 1.82) is 5.26 Å². The van der Waals surface area contributed by atoms with Crippen molar-refractivity contribution in [2.45, 2.75) is 12.5 Å². The van der Waals surface area contributed by atoms with Gasteiger partial charge in [0.15, 0.2) is 5.75 Å². The zero-order valence-electron chi connectivity index (χ0n) is 15.3. The number of para-hydroxylation sites is 1. The predicted molar refractivity (Wildman–Crippen MR) is 105 cm³/mol. The fraction of sp³-hybridized carbons (Fsp3) is 0.143. The average Bonchev–Trinajstić information content (AvgIpc) is 2.74. The maximum atomic E-state index is 12.5. The third-order valence-electron chi connectivity index (χ3n) is 4.18. The molecule has 0 aliphatic heterocycles. The smallest absolute Gasteiger partial charge is 0.407 e. The van der Waals surface area contributed by atoms with Gasteiger partial charge in [0.2, 0.25) is 5.69 Å². The molecule has 0 saturated heterocycles. The summed E-state index contributed by atoms with van der Waals surface area (Å²) in [6.07, 6.45) is -0.100. The normalized spacial score (nSPS) is 11.3. The molecule has 2 N–H and O–H groups in total. The van der Waals surface area contributed by atoms with Crippen LogP contribution in [0.5, 0.6) is 5.75 Å². The third-order valence-corrected chi connectivity index (χ3v) is 4.18. The lowest BCUT2D eigenvalue weighted by atomic mass is 10.0. The molecule has 1 heterocycles. The van der Waals surface area contributed by atoms with Crippen molar-refractivity contribution in [3.05, 3.63) is 83.7 Å². The maximum Gasteiger partial charge on any atom is 0.419 e. The second-order valence-electron chi connectivity index (χ2n) is 6.15. The van der Waals surface area contributed by atoms with Crippen LogP contribution in [0.2, 0.25) is 0 Å². The van der Waals surface area contributed by atoms with E-state index in [2.05, 4.69) is 10.2 Å². The molecule has 1 atom stereocenters. The summed E-state index contributed by atoms with van der Waals surface area (Å²) < 4.78 is 5.40. The second-order valence-corrected chi connectivity index (χ2v) is 6.15. The summed E-state index contributed by atoms with van der Waals surface area (Å²) in [6, 6.07) is 21.7. The van der Waals surface area contributed by atoms with Crippen LogP contribution in [0.4, 0.5) is 10.5 Å². The molecule has 0 fully saturated rings. The molecule has 1 unspecified atom stereocenters. The SMILES string of the molecule is CN(C(=O)Oc1cc(C(N)Cc2ccccc2)nnc1C#N)c1ccccc1. The number of amides is 1. The molecule has 3 rings (SSSR count). The van der Waals surface area contributed by atoms with Crippen LogP contribution in [0.3, 0.4) is 0 Å². The lowest BCUT2D eigenvalue weighted by molar-refractivity contribution is 0.208. The number of rotatable bonds is 5. The number of nitrogens with two attached hydrogens (primary N) is 1. The number of benzene rings is 2. The molecule has 0 aliphatic rings. The number of carbonyl (C=O) groups is 1. The van der Waals surface area contributed by atoms with Gasteiger partial charge in [-0.3, -0.25) is 4.90 Å². The van der Waals surface area contributed by atoms with E-state index in [0.29, 0.717) is 17.8 Å². The minimum atomic E-state index is -0.640. The monoisotopic (exact) mass is 373 g/mol. The molecule has 1 amide bonds. The molecule has 0 radical (unpaired) electrons. The molecule has 2 aromatic carbocycles. The molecule has 28 heavy (non-hydrogen) atoms. The Morgan fingerprint density at radius 1 is 1.14 bits per heavy atom. The molecule has 140 valence electrons. The van der Waals surface area contributed by atoms with Crippen LogP contribution in [0.15, 0.2) is 66.7 Å². The Balaban J connectivity index is 1.79. The van der Waals surface area contributed by atoms with Gasteiger partial charge >= 0.3 is 6.09 Å². The van der Waals surface area contributed by atoms with Crippen LogP contribution >= 0.6 is 0 Å². The van der Waals surface area contributed by atoms with Crippen LogP contribution in [0, 0.1) is 11.3 Å². The van der Waals surface area contributed by atoms with Crippen molar-refractivity contribution in [2.75, 3.05) is 11.9 Å². The van der Waals surface area contributed by atoms with Crippen molar-refractivity contribution in [3.63, 3.8) is 0 Å². The minimum absolute atomic E-state index is 0.0313. The van der Waals surface area contributed by atoms with Crippen LogP contribution in [0.1, 0.15) is 23.0 Å². The maximum absolute atomic E-state index is 12.5. The highest BCUT2D eigenvalue weighted by atomic mass is 16.6. The number of aromatic nitrogens is 2. The first-order chi connectivity index (χ1) is 13.6. The van der Waals surface area contributed by atoms with Gasteiger partial charge in [0, 0.05) is 18.8 Å². The number of nitrogens with zero attached hydrogens (tertiary/aromatic N) is 4. The summed E-state index contributed by atoms with van der Waals surface area (Å²) in [6.45, 7) is 0. The zero-order valence-corrected chi connectivity index (χ0v) is 15.3. The van der Waals surface area contributed by atoms with E-state index in [4.69, 9.17) is 10.5 Å². The molecular weight excluding hydrogens is 354 g/mol. The summed E-state index contributed by atoms with van der Waals surface area (Å²) in [5, 5.41) is 17.1. The molecule has 3 aromatic rings. The largest absolute Gasteiger partial charge is 0.419 e. The fourth-order valence-electron chi connectivity index (χ4n) is 2.62. The summed E-state index contributed by atoms with van der Waals surface area (Å²) in [4.78, 5) is 13.8. The van der Waals surface area contributed by atoms with Gasteiger partial charge in [0.05, 0.1) is 11.7 Å². The van der Waals surface area contributed by atoms with E-state index < -0.39 is 12.1 Å². The summed E-state index contributed by atoms with van der Waals surface area (Å²) in [5.41, 5.74) is 8.30. The van der Waals surface area contributed by atoms with Gasteiger partial charge in [-0.2, -0.15) is 10.4 Å². The summed E-state index contributed by atoms with van der Waals surface area (Å²) in [7, 11) is 1.58. The van der Waals surface area contributed by atoms with E-state index in [-0.39, 0.29) is 11.4 Å². The Bertz CT molecular complexity index is 987. The van der Waals surface area contributed by atoms with Crippen molar-refractivity contribution < 1.29 is 9.53 Å². The molecule has 0 bridgehead atoms. The first kappa shape index (κ1) is 19.0. The van der Waals surface area contributed by atoms with E-state index in [0.717, 1.165) is 5.56 Å². The fourth-order valence-corrected chi connectivity index (χ4v) is 2.62. The predicted octanol–water partition coefficient (Wildman–Crippen LogP) is 3.23. The molecular formula is C21H19N5O2. The quantitative estimate of drug-likeness (QED) is 0.736. The number of carbonyl (C=O) groups excluding carboxylic acids is 1. The van der Waals surface area contributed by atoms with Gasteiger partial charge in [0.1, 0.15) is 6.07 Å². The van der Waals surface area contributed by atoms with Crippen LogP contribution in [-0.2, 0) is 6.42 Å². The van der Waals surface area contributed by atoms with Gasteiger partial charge in [-0.1, -0.05) is 48.5 Å². The standard InChI is InChI=1S/C21H19N5O2/c1-26(16-10-6-3-7-11-16)21(27)28-20-13-18(24-25-19(20)14-22)17(23)12-15-8-4-2-5-9-15/h2-11,13,17H,12,23H2,1H3. The minimum Gasteiger partial charge on any atom is -0.407 e. The number of nitriles is 1. The van der Waals surface area contributed by atoms with Crippen molar-refractivity contribution >= 4 is 11.8 Å². The van der Waals surface area contributed by atoms with E-state index in [1.165, 1.54) is 11.0 Å². The average molecular weight is 373 g/mol. The molecule has 7 nitrogen and oxygen atoms in total. The number of anilines is 1. The molecule has 0 saturated carbocycles. The molecule has 0 spiro atoms. The second kappa shape index (κ2) is 8.75. The van der Waals surface area contributed by atoms with Gasteiger partial charge in [-0.15, -0.1) is 5.10 Å². The molecule has 1 aromatic heterocycles. The third kappa shape index (κ3) is 4.50. The van der Waals surface area contributed by atoms with Crippen molar-refractivity contribution in [2.24, 2.45) is 5.73 Å². The lowest BCUT2D eigenvalue weighted by Crippen LogP contribution is -2.30. The first-order valence-electron chi connectivity index (χ1n) is 8.66. The van der Waals surface area contributed by atoms with E-state index in [9.17, 15) is 10.1 Å². The Morgan fingerprint density at radius 2 is 1.79 bits per heavy atom. The van der Waals surface area contributed by atoms with Crippen molar-refractivity contribution in [3.8, 4) is 11.8 Å². The number of ether oxygens (including phenoxy) is 1. The van der Waals surface area contributed by atoms with Crippen LogP contribution < -0.4 is 15.4 Å². The van der Waals surface area contributed by atoms with Gasteiger partial charge in [0.25, 0.3) is 0 Å². The van der Waals surface area contributed by atoms with Crippen LogP contribution in [0.25, 0.3) is 0 Å². The topological polar surface area (TPSA) is 105 Å². The lowest BCUT2D eigenvalue weighted by Gasteiger charge is -2.17. The molecule has 7 heteroatoms. The highest BCUT2D eigenvalue weighted by Gasteiger charge is 2.19. The van der Waals surface area contributed by atoms with E-state index in [1.807, 2.05) is 54.6 Å². The van der Waals surface area contributed by atoms with Crippen LogP contribution in [-0.4, -0.2) is 23.3 Å². The van der Waals surface area contributed by atoms with E-state index in [1.54, 1.807) is 19.2 Å². The summed E-state index contributed by atoms with van der Waals surface area (Å²) in [5.74, 6) is 0.0313. The number of hydrogen-bond donors (Lipinski definition) is 1. The Kier molecular flexibility index (Phi) is 5.94. The van der Waals surface area contributed by atoms with Gasteiger partial charge in [-0.25, -0.2) is 4.79 Å². The molecule has 0 aliphatic carbocycles. The zero-order chi connectivity index (χ0) is 19.9. The summed E-state index contributed by atoms with van der Waals surface area (Å²) >= 11 is 0. The number of hydrogen-bond acceptors (Lipinski definition) is 6. The Hall–Kier alpha value is -3.76. The van der Waals surface area contributed by atoms with E-state index >= 15 is 0 Å². The highest BCUT2D eigenvalue weighted by molar-refractivity contribution is 5.88. The Morgan fingerprint density at radius 3 is 2.43 bits per heavy atom. The van der Waals surface area contributed by atoms with Gasteiger partial charge in [-0.05, 0) is 24.1 Å². The highest BCUT2D eigenvalue weighted by Crippen LogP contribution is 2.22.